The SMILES string of the molecule is Cc1nc(-c2ccc(N)cc2)sc1-c1ccccc1F. The van der Waals surface area contributed by atoms with Crippen LogP contribution in [0.4, 0.5) is 10.1 Å². The molecule has 2 N–H and O–H groups in total. The zero-order chi connectivity index (χ0) is 14.1. The van der Waals surface area contributed by atoms with Crippen LogP contribution >= 0.6 is 11.3 Å². The highest BCUT2D eigenvalue weighted by Crippen LogP contribution is 2.36. The summed E-state index contributed by atoms with van der Waals surface area (Å²) in [6, 6.07) is 14.3. The highest BCUT2D eigenvalue weighted by Gasteiger charge is 2.13. The third kappa shape index (κ3) is 2.30. The van der Waals surface area contributed by atoms with Gasteiger partial charge in [0.25, 0.3) is 0 Å². The van der Waals surface area contributed by atoms with Gasteiger partial charge in [-0.25, -0.2) is 9.37 Å². The predicted octanol–water partition coefficient (Wildman–Crippen LogP) is 4.51. The van der Waals surface area contributed by atoms with Gasteiger partial charge in [-0.15, -0.1) is 11.3 Å². The lowest BCUT2D eigenvalue weighted by Crippen LogP contribution is -1.84. The van der Waals surface area contributed by atoms with Gasteiger partial charge >= 0.3 is 0 Å². The molecule has 0 fully saturated rings. The molecule has 3 rings (SSSR count). The maximum Gasteiger partial charge on any atom is 0.131 e. The summed E-state index contributed by atoms with van der Waals surface area (Å²) in [5, 5.41) is 0.876. The molecule has 100 valence electrons. The Morgan fingerprint density at radius 1 is 1.05 bits per heavy atom. The number of halogens is 1. The first kappa shape index (κ1) is 12.8. The molecule has 0 radical (unpaired) electrons. The maximum atomic E-state index is 13.9. The molecule has 0 aliphatic rings. The van der Waals surface area contributed by atoms with Crippen LogP contribution in [-0.2, 0) is 0 Å². The van der Waals surface area contributed by atoms with E-state index >= 15 is 0 Å². The molecule has 3 aromatic rings. The molecule has 1 heterocycles. The first-order chi connectivity index (χ1) is 9.65. The second-order valence-corrected chi connectivity index (χ2v) is 5.53. The van der Waals surface area contributed by atoms with Crippen molar-refractivity contribution in [3.8, 4) is 21.0 Å². The molecular formula is C16H13FN2S. The number of anilines is 1. The van der Waals surface area contributed by atoms with Crippen LogP contribution < -0.4 is 5.73 Å². The Hall–Kier alpha value is -2.20. The second kappa shape index (κ2) is 5.06. The van der Waals surface area contributed by atoms with Crippen LogP contribution in [0.5, 0.6) is 0 Å². The van der Waals surface area contributed by atoms with Crippen molar-refractivity contribution in [1.82, 2.24) is 4.98 Å². The standard InChI is InChI=1S/C16H13FN2S/c1-10-15(13-4-2-3-5-14(13)17)20-16(19-10)11-6-8-12(18)9-7-11/h2-9H,18H2,1H3. The number of thiazole rings is 1. The van der Waals surface area contributed by atoms with Crippen molar-refractivity contribution in [3.63, 3.8) is 0 Å². The van der Waals surface area contributed by atoms with Crippen molar-refractivity contribution < 1.29 is 4.39 Å². The van der Waals surface area contributed by atoms with Gasteiger partial charge in [0.1, 0.15) is 10.8 Å². The van der Waals surface area contributed by atoms with E-state index < -0.39 is 0 Å². The maximum absolute atomic E-state index is 13.9. The Bertz CT molecular complexity index is 747. The molecule has 0 aliphatic carbocycles. The van der Waals surface area contributed by atoms with Crippen LogP contribution in [0.3, 0.4) is 0 Å². The molecule has 20 heavy (non-hydrogen) atoms. The van der Waals surface area contributed by atoms with Gasteiger partial charge in [-0.1, -0.05) is 18.2 Å². The van der Waals surface area contributed by atoms with Gasteiger partial charge in [0.2, 0.25) is 0 Å². The molecule has 0 spiro atoms. The molecule has 0 amide bonds. The van der Waals surface area contributed by atoms with E-state index in [4.69, 9.17) is 5.73 Å². The monoisotopic (exact) mass is 284 g/mol. The summed E-state index contributed by atoms with van der Waals surface area (Å²) in [5.41, 5.74) is 8.84. The summed E-state index contributed by atoms with van der Waals surface area (Å²) in [6.07, 6.45) is 0. The predicted molar refractivity (Wildman–Crippen MR) is 82.1 cm³/mol. The number of nitrogens with two attached hydrogens (primary N) is 1. The van der Waals surface area contributed by atoms with Crippen LogP contribution in [0.1, 0.15) is 5.69 Å². The molecule has 0 aliphatic heterocycles. The first-order valence-electron chi connectivity index (χ1n) is 6.23. The minimum Gasteiger partial charge on any atom is -0.399 e. The van der Waals surface area contributed by atoms with E-state index in [0.29, 0.717) is 5.56 Å². The number of aromatic nitrogens is 1. The van der Waals surface area contributed by atoms with Crippen molar-refractivity contribution in [2.24, 2.45) is 0 Å². The molecule has 0 bridgehead atoms. The van der Waals surface area contributed by atoms with Crippen molar-refractivity contribution in [1.29, 1.82) is 0 Å². The molecule has 0 unspecified atom stereocenters. The zero-order valence-electron chi connectivity index (χ0n) is 10.9. The fourth-order valence-electron chi connectivity index (χ4n) is 2.04. The van der Waals surface area contributed by atoms with Gasteiger partial charge in [-0.2, -0.15) is 0 Å². The molecule has 4 heteroatoms. The average molecular weight is 284 g/mol. The van der Waals surface area contributed by atoms with Gasteiger partial charge in [0, 0.05) is 16.8 Å². The van der Waals surface area contributed by atoms with E-state index in [1.807, 2.05) is 37.3 Å². The largest absolute Gasteiger partial charge is 0.399 e. The van der Waals surface area contributed by atoms with E-state index in [0.717, 1.165) is 26.8 Å². The Balaban J connectivity index is 2.08. The van der Waals surface area contributed by atoms with Crippen LogP contribution in [0, 0.1) is 12.7 Å². The lowest BCUT2D eigenvalue weighted by molar-refractivity contribution is 0.631. The van der Waals surface area contributed by atoms with E-state index in [1.54, 1.807) is 12.1 Å². The number of nitrogens with zero attached hydrogens (tertiary/aromatic N) is 1. The minimum absolute atomic E-state index is 0.219. The van der Waals surface area contributed by atoms with E-state index in [-0.39, 0.29) is 5.82 Å². The van der Waals surface area contributed by atoms with Crippen molar-refractivity contribution in [3.05, 3.63) is 60.0 Å². The number of hydrogen-bond donors (Lipinski definition) is 1. The molecule has 0 atom stereocenters. The van der Waals surface area contributed by atoms with Crippen molar-refractivity contribution >= 4 is 17.0 Å². The third-order valence-electron chi connectivity index (χ3n) is 3.07. The number of benzene rings is 2. The molecule has 0 saturated heterocycles. The highest BCUT2D eigenvalue weighted by molar-refractivity contribution is 7.18. The van der Waals surface area contributed by atoms with Crippen LogP contribution in [-0.4, -0.2) is 4.98 Å². The van der Waals surface area contributed by atoms with Crippen LogP contribution in [0.15, 0.2) is 48.5 Å². The van der Waals surface area contributed by atoms with E-state index in [2.05, 4.69) is 4.98 Å². The van der Waals surface area contributed by atoms with Gasteiger partial charge in [0.05, 0.1) is 10.6 Å². The molecular weight excluding hydrogens is 271 g/mol. The first-order valence-corrected chi connectivity index (χ1v) is 7.05. The van der Waals surface area contributed by atoms with E-state index in [1.165, 1.54) is 17.4 Å². The topological polar surface area (TPSA) is 38.9 Å². The Morgan fingerprint density at radius 2 is 1.75 bits per heavy atom. The summed E-state index contributed by atoms with van der Waals surface area (Å²) >= 11 is 1.49. The number of nitrogen functional groups attached to an aromatic ring is 1. The summed E-state index contributed by atoms with van der Waals surface area (Å²) in [4.78, 5) is 5.41. The lowest BCUT2D eigenvalue weighted by Gasteiger charge is -1.99. The smallest absolute Gasteiger partial charge is 0.131 e. The summed E-state index contributed by atoms with van der Waals surface area (Å²) in [5.74, 6) is -0.219. The van der Waals surface area contributed by atoms with Gasteiger partial charge in [-0.05, 0) is 37.3 Å². The quantitative estimate of drug-likeness (QED) is 0.703. The number of hydrogen-bond acceptors (Lipinski definition) is 3. The summed E-state index contributed by atoms with van der Waals surface area (Å²) in [7, 11) is 0. The molecule has 2 nitrogen and oxygen atoms in total. The fourth-order valence-corrected chi connectivity index (χ4v) is 3.14. The zero-order valence-corrected chi connectivity index (χ0v) is 11.7. The highest BCUT2D eigenvalue weighted by atomic mass is 32.1. The molecule has 1 aromatic heterocycles. The molecule has 0 saturated carbocycles. The summed E-state index contributed by atoms with van der Waals surface area (Å²) in [6.45, 7) is 1.90. The second-order valence-electron chi connectivity index (χ2n) is 4.54. The van der Waals surface area contributed by atoms with Gasteiger partial charge in [-0.3, -0.25) is 0 Å². The Morgan fingerprint density at radius 3 is 2.45 bits per heavy atom. The lowest BCUT2D eigenvalue weighted by atomic mass is 10.1. The van der Waals surface area contributed by atoms with Crippen LogP contribution in [0.2, 0.25) is 0 Å². The molecule has 2 aromatic carbocycles. The van der Waals surface area contributed by atoms with Crippen molar-refractivity contribution in [2.45, 2.75) is 6.92 Å². The van der Waals surface area contributed by atoms with Crippen LogP contribution in [0.25, 0.3) is 21.0 Å². The normalized spacial score (nSPS) is 10.7. The number of rotatable bonds is 2. The van der Waals surface area contributed by atoms with Gasteiger partial charge < -0.3 is 5.73 Å². The Kier molecular flexibility index (Phi) is 3.24. The third-order valence-corrected chi connectivity index (χ3v) is 4.31. The van der Waals surface area contributed by atoms with Gasteiger partial charge in [0.15, 0.2) is 0 Å². The van der Waals surface area contributed by atoms with Crippen molar-refractivity contribution in [2.75, 3.05) is 5.73 Å². The number of aryl methyl sites for hydroxylation is 1. The fraction of sp³-hybridized carbons (Fsp3) is 0.0625. The average Bonchev–Trinajstić information content (AvgIpc) is 2.82. The summed E-state index contributed by atoms with van der Waals surface area (Å²) < 4.78 is 13.9. The van der Waals surface area contributed by atoms with E-state index in [9.17, 15) is 4.39 Å². The Labute approximate surface area is 120 Å². The minimum atomic E-state index is -0.219.